The predicted molar refractivity (Wildman–Crippen MR) is 45.0 cm³/mol. The van der Waals surface area contributed by atoms with Crippen molar-refractivity contribution in [1.82, 2.24) is 0 Å². The first-order valence-electron chi connectivity index (χ1n) is 3.82. The molecular weight excluding hydrogens is 138 g/mol. The highest BCUT2D eigenvalue weighted by Crippen LogP contribution is 2.18. The third kappa shape index (κ3) is 2.02. The normalized spacial score (nSPS) is 29.9. The summed E-state index contributed by atoms with van der Waals surface area (Å²) in [6.07, 6.45) is 6.89. The van der Waals surface area contributed by atoms with Crippen LogP contribution < -0.4 is 5.73 Å². The average molecular weight is 151 g/mol. The molecule has 0 aromatic rings. The van der Waals surface area contributed by atoms with Crippen LogP contribution in [0.25, 0.3) is 0 Å². The van der Waals surface area contributed by atoms with Crippen molar-refractivity contribution in [3.63, 3.8) is 0 Å². The number of carbonyl (C=O) groups is 1. The van der Waals surface area contributed by atoms with E-state index in [-0.39, 0.29) is 17.7 Å². The van der Waals surface area contributed by atoms with Crippen LogP contribution in [-0.2, 0) is 4.79 Å². The van der Waals surface area contributed by atoms with Crippen LogP contribution in [0.3, 0.4) is 0 Å². The lowest BCUT2D eigenvalue weighted by Gasteiger charge is -2.19. The number of rotatable bonds is 2. The lowest BCUT2D eigenvalue weighted by molar-refractivity contribution is -0.118. The van der Waals surface area contributed by atoms with E-state index < -0.39 is 0 Å². The van der Waals surface area contributed by atoms with E-state index in [1.54, 1.807) is 0 Å². The lowest BCUT2D eigenvalue weighted by atomic mass is 9.88. The number of ketones is 1. The van der Waals surface area contributed by atoms with Gasteiger partial charge in [0.2, 0.25) is 0 Å². The molecule has 0 saturated carbocycles. The van der Waals surface area contributed by atoms with Gasteiger partial charge in [-0.25, -0.2) is 0 Å². The molecule has 0 saturated heterocycles. The molecule has 1 aliphatic carbocycles. The van der Waals surface area contributed by atoms with Crippen molar-refractivity contribution < 1.29 is 4.79 Å². The standard InChI is InChI=1S/C9H13NO/c1-2-9(11)7-4-3-5-8(10)6-7/h2-3,5,7-8H,1,4,6,10H2. The van der Waals surface area contributed by atoms with E-state index in [0.29, 0.717) is 0 Å². The Balaban J connectivity index is 2.56. The summed E-state index contributed by atoms with van der Waals surface area (Å²) in [4.78, 5) is 11.1. The van der Waals surface area contributed by atoms with Gasteiger partial charge >= 0.3 is 0 Å². The summed E-state index contributed by atoms with van der Waals surface area (Å²) in [5.41, 5.74) is 5.64. The van der Waals surface area contributed by atoms with Crippen LogP contribution in [0.4, 0.5) is 0 Å². The average Bonchev–Trinajstić information content (AvgIpc) is 2.03. The third-order valence-corrected chi connectivity index (χ3v) is 1.96. The van der Waals surface area contributed by atoms with E-state index in [0.717, 1.165) is 12.8 Å². The second-order valence-electron chi connectivity index (χ2n) is 2.87. The second-order valence-corrected chi connectivity index (χ2v) is 2.87. The molecule has 0 radical (unpaired) electrons. The van der Waals surface area contributed by atoms with Crippen LogP contribution in [0.1, 0.15) is 12.8 Å². The van der Waals surface area contributed by atoms with Crippen molar-refractivity contribution in [3.8, 4) is 0 Å². The predicted octanol–water partition coefficient (Wildman–Crippen LogP) is 1.03. The molecule has 0 fully saturated rings. The van der Waals surface area contributed by atoms with E-state index in [1.165, 1.54) is 6.08 Å². The van der Waals surface area contributed by atoms with Crippen molar-refractivity contribution in [2.45, 2.75) is 18.9 Å². The van der Waals surface area contributed by atoms with Gasteiger partial charge in [0.25, 0.3) is 0 Å². The molecule has 0 heterocycles. The maximum atomic E-state index is 11.1. The SMILES string of the molecule is C=CC(=O)C1CC=CC(N)C1. The molecule has 11 heavy (non-hydrogen) atoms. The van der Waals surface area contributed by atoms with Crippen LogP contribution in [-0.4, -0.2) is 11.8 Å². The molecule has 2 unspecified atom stereocenters. The summed E-state index contributed by atoms with van der Waals surface area (Å²) < 4.78 is 0. The second kappa shape index (κ2) is 3.49. The van der Waals surface area contributed by atoms with E-state index >= 15 is 0 Å². The van der Waals surface area contributed by atoms with E-state index in [1.807, 2.05) is 12.2 Å². The van der Waals surface area contributed by atoms with Gasteiger partial charge in [-0.2, -0.15) is 0 Å². The fraction of sp³-hybridized carbons (Fsp3) is 0.444. The fourth-order valence-corrected chi connectivity index (χ4v) is 1.32. The largest absolute Gasteiger partial charge is 0.324 e. The van der Waals surface area contributed by atoms with Gasteiger partial charge in [0.05, 0.1) is 0 Å². The smallest absolute Gasteiger partial charge is 0.158 e. The number of hydrogen-bond acceptors (Lipinski definition) is 2. The van der Waals surface area contributed by atoms with Crippen molar-refractivity contribution in [2.75, 3.05) is 0 Å². The molecule has 0 spiro atoms. The Kier molecular flexibility index (Phi) is 2.60. The van der Waals surface area contributed by atoms with Gasteiger partial charge in [-0.05, 0) is 18.9 Å². The zero-order valence-electron chi connectivity index (χ0n) is 6.49. The van der Waals surface area contributed by atoms with Crippen LogP contribution >= 0.6 is 0 Å². The molecule has 2 atom stereocenters. The minimum absolute atomic E-state index is 0.0534. The Bertz CT molecular complexity index is 196. The van der Waals surface area contributed by atoms with Gasteiger partial charge in [0.15, 0.2) is 5.78 Å². The van der Waals surface area contributed by atoms with E-state index in [4.69, 9.17) is 5.73 Å². The molecule has 0 aliphatic heterocycles. The van der Waals surface area contributed by atoms with Gasteiger partial charge in [-0.1, -0.05) is 18.7 Å². The fourth-order valence-electron chi connectivity index (χ4n) is 1.32. The summed E-state index contributed by atoms with van der Waals surface area (Å²) in [5.74, 6) is 0.192. The van der Waals surface area contributed by atoms with Gasteiger partial charge < -0.3 is 5.73 Å². The Morgan fingerprint density at radius 3 is 3.00 bits per heavy atom. The third-order valence-electron chi connectivity index (χ3n) is 1.96. The molecule has 2 N–H and O–H groups in total. The molecule has 0 bridgehead atoms. The van der Waals surface area contributed by atoms with E-state index in [9.17, 15) is 4.79 Å². The Morgan fingerprint density at radius 1 is 1.73 bits per heavy atom. The molecule has 2 nitrogen and oxygen atoms in total. The number of carbonyl (C=O) groups excluding carboxylic acids is 1. The first kappa shape index (κ1) is 8.21. The van der Waals surface area contributed by atoms with Crippen LogP contribution in [0.15, 0.2) is 24.8 Å². The zero-order chi connectivity index (χ0) is 8.27. The topological polar surface area (TPSA) is 43.1 Å². The van der Waals surface area contributed by atoms with Crippen LogP contribution in [0.5, 0.6) is 0 Å². The Labute approximate surface area is 66.8 Å². The zero-order valence-corrected chi connectivity index (χ0v) is 6.49. The molecule has 1 aliphatic rings. The van der Waals surface area contributed by atoms with Gasteiger partial charge in [-0.15, -0.1) is 0 Å². The monoisotopic (exact) mass is 151 g/mol. The first-order chi connectivity index (χ1) is 5.24. The molecule has 0 aromatic heterocycles. The molecular formula is C9H13NO. The minimum atomic E-state index is 0.0534. The highest BCUT2D eigenvalue weighted by molar-refractivity contribution is 5.91. The van der Waals surface area contributed by atoms with E-state index in [2.05, 4.69) is 6.58 Å². The van der Waals surface area contributed by atoms with Gasteiger partial charge in [0.1, 0.15) is 0 Å². The van der Waals surface area contributed by atoms with Crippen LogP contribution in [0.2, 0.25) is 0 Å². The number of hydrogen-bond donors (Lipinski definition) is 1. The maximum absolute atomic E-state index is 11.1. The summed E-state index contributed by atoms with van der Waals surface area (Å²) >= 11 is 0. The first-order valence-corrected chi connectivity index (χ1v) is 3.82. The quantitative estimate of drug-likeness (QED) is 0.473. The highest BCUT2D eigenvalue weighted by atomic mass is 16.1. The summed E-state index contributed by atoms with van der Waals surface area (Å²) in [5, 5.41) is 0. The maximum Gasteiger partial charge on any atom is 0.158 e. The summed E-state index contributed by atoms with van der Waals surface area (Å²) in [7, 11) is 0. The minimum Gasteiger partial charge on any atom is -0.324 e. The van der Waals surface area contributed by atoms with Crippen molar-refractivity contribution in [2.24, 2.45) is 11.7 Å². The lowest BCUT2D eigenvalue weighted by Crippen LogP contribution is -2.27. The molecule has 0 aromatic carbocycles. The van der Waals surface area contributed by atoms with Crippen LogP contribution in [0, 0.1) is 5.92 Å². The number of allylic oxidation sites excluding steroid dienone is 2. The highest BCUT2D eigenvalue weighted by Gasteiger charge is 2.19. The summed E-state index contributed by atoms with van der Waals surface area (Å²) in [6.45, 7) is 3.45. The van der Waals surface area contributed by atoms with Gasteiger partial charge in [-0.3, -0.25) is 4.79 Å². The number of nitrogens with two attached hydrogens (primary N) is 1. The van der Waals surface area contributed by atoms with Crippen molar-refractivity contribution in [3.05, 3.63) is 24.8 Å². The molecule has 2 heteroatoms. The summed E-state index contributed by atoms with van der Waals surface area (Å²) in [6, 6.07) is 0.0534. The Morgan fingerprint density at radius 2 is 2.45 bits per heavy atom. The van der Waals surface area contributed by atoms with Gasteiger partial charge in [0, 0.05) is 12.0 Å². The molecule has 1 rings (SSSR count). The van der Waals surface area contributed by atoms with Crippen molar-refractivity contribution >= 4 is 5.78 Å². The Hall–Kier alpha value is -0.890. The van der Waals surface area contributed by atoms with Crippen molar-refractivity contribution in [1.29, 1.82) is 0 Å². The molecule has 0 amide bonds. The molecule has 60 valence electrons.